The number of aryl methyl sites for hydroxylation is 3. The molecule has 0 saturated carbocycles. The van der Waals surface area contributed by atoms with E-state index in [9.17, 15) is 28.7 Å². The predicted octanol–water partition coefficient (Wildman–Crippen LogP) is 4.81. The van der Waals surface area contributed by atoms with E-state index in [2.05, 4.69) is 22.5 Å². The maximum Gasteiger partial charge on any atom is 0.341 e. The van der Waals surface area contributed by atoms with Gasteiger partial charge in [0.05, 0.1) is 10.5 Å². The van der Waals surface area contributed by atoms with Gasteiger partial charge in [-0.2, -0.15) is 0 Å². The molecule has 43 heavy (non-hydrogen) atoms. The van der Waals surface area contributed by atoms with Crippen LogP contribution in [0.5, 0.6) is 0 Å². The Kier molecular flexibility index (Phi) is 10.5. The summed E-state index contributed by atoms with van der Waals surface area (Å²) in [7, 11) is 0. The number of unbranched alkanes of at least 4 members (excludes halogenated alkanes) is 2. The highest BCUT2D eigenvalue weighted by Crippen LogP contribution is 2.22. The molecule has 2 heterocycles. The molecule has 0 fully saturated rings. The van der Waals surface area contributed by atoms with E-state index in [-0.39, 0.29) is 16.0 Å². The molecule has 4 N–H and O–H groups in total. The molecule has 0 unspecified atom stereocenters. The van der Waals surface area contributed by atoms with Crippen molar-refractivity contribution in [2.75, 3.05) is 18.4 Å². The van der Waals surface area contributed by atoms with Crippen molar-refractivity contribution in [3.8, 4) is 0 Å². The number of pyridine rings is 1. The smallest absolute Gasteiger partial charge is 0.341 e. The van der Waals surface area contributed by atoms with Gasteiger partial charge in [0, 0.05) is 36.4 Å². The zero-order valence-corrected chi connectivity index (χ0v) is 24.9. The summed E-state index contributed by atoms with van der Waals surface area (Å²) in [6.07, 6.45) is 4.99. The van der Waals surface area contributed by atoms with Crippen molar-refractivity contribution in [1.29, 1.82) is 0 Å². The molecule has 0 aliphatic carbocycles. The Hall–Kier alpha value is -4.22. The molecule has 228 valence electrons. The molecule has 0 amide bonds. The maximum atomic E-state index is 14.0. The summed E-state index contributed by atoms with van der Waals surface area (Å²) in [4.78, 5) is 51.9. The number of rotatable bonds is 14. The number of carboxylic acid groups (broad SMARTS) is 1. The highest BCUT2D eigenvalue weighted by Gasteiger charge is 2.16. The lowest BCUT2D eigenvalue weighted by molar-refractivity contribution is 0.0694. The Balaban J connectivity index is 1.22. The SMILES string of the molecule is CCc1cc(Nc2cc(=O)n(CCCCNCCCCn3cc(C(=O)O)c(=O)c4cc(F)c(Cl)cc43)c(=O)[nH]2)ccc1C. The number of fused-ring (bicyclic) bond motifs is 1. The molecule has 0 aliphatic heterocycles. The van der Waals surface area contributed by atoms with Crippen LogP contribution in [0.1, 0.15) is 54.1 Å². The molecule has 4 rings (SSSR count). The summed E-state index contributed by atoms with van der Waals surface area (Å²) < 4.78 is 16.8. The zero-order chi connectivity index (χ0) is 31.1. The van der Waals surface area contributed by atoms with Crippen LogP contribution in [0, 0.1) is 12.7 Å². The number of H-pyrrole nitrogens is 1. The van der Waals surface area contributed by atoms with Gasteiger partial charge in [-0.3, -0.25) is 19.1 Å². The summed E-state index contributed by atoms with van der Waals surface area (Å²) in [5.74, 6) is -1.80. The molecule has 2 aromatic carbocycles. The lowest BCUT2D eigenvalue weighted by Crippen LogP contribution is -2.35. The van der Waals surface area contributed by atoms with E-state index < -0.39 is 28.5 Å². The lowest BCUT2D eigenvalue weighted by atomic mass is 10.1. The van der Waals surface area contributed by atoms with Gasteiger partial charge in [-0.05, 0) is 87.5 Å². The fraction of sp³-hybridized carbons (Fsp3) is 0.355. The third-order valence-corrected chi connectivity index (χ3v) is 7.66. The molecule has 0 bridgehead atoms. The third kappa shape index (κ3) is 7.79. The molecule has 2 aromatic heterocycles. The molecule has 0 spiro atoms. The first kappa shape index (κ1) is 31.7. The minimum atomic E-state index is -1.37. The van der Waals surface area contributed by atoms with Crippen LogP contribution in [-0.2, 0) is 19.5 Å². The number of nitrogens with zero attached hydrogens (tertiary/aromatic N) is 2. The second-order valence-corrected chi connectivity index (χ2v) is 10.8. The standard InChI is InChI=1S/C31H35ClFN5O5/c1-3-20-14-21(9-8-19(20)2)35-27-17-28(39)38(31(43)36-27)13-7-5-11-34-10-4-6-12-37-18-23(30(41)42)29(40)22-15-25(33)24(32)16-26(22)37/h8-9,14-18,34-35H,3-7,10-13H2,1-2H3,(H,36,43)(H,41,42). The fourth-order valence-electron chi connectivity index (χ4n) is 4.98. The van der Waals surface area contributed by atoms with Crippen LogP contribution < -0.4 is 27.3 Å². The van der Waals surface area contributed by atoms with Crippen LogP contribution in [0.4, 0.5) is 15.9 Å². The van der Waals surface area contributed by atoms with Gasteiger partial charge < -0.3 is 20.3 Å². The zero-order valence-electron chi connectivity index (χ0n) is 24.1. The van der Waals surface area contributed by atoms with Crippen molar-refractivity contribution >= 4 is 40.0 Å². The second kappa shape index (κ2) is 14.3. The largest absolute Gasteiger partial charge is 0.477 e. The van der Waals surface area contributed by atoms with Gasteiger partial charge in [-0.15, -0.1) is 0 Å². The normalized spacial score (nSPS) is 11.3. The van der Waals surface area contributed by atoms with Gasteiger partial charge in [0.25, 0.3) is 5.56 Å². The van der Waals surface area contributed by atoms with E-state index in [0.29, 0.717) is 50.4 Å². The van der Waals surface area contributed by atoms with E-state index in [1.165, 1.54) is 34.0 Å². The van der Waals surface area contributed by atoms with Crippen LogP contribution >= 0.6 is 11.6 Å². The average Bonchev–Trinajstić information content (AvgIpc) is 2.96. The fourth-order valence-corrected chi connectivity index (χ4v) is 5.14. The topological polar surface area (TPSA) is 138 Å². The van der Waals surface area contributed by atoms with Gasteiger partial charge in [-0.25, -0.2) is 14.0 Å². The summed E-state index contributed by atoms with van der Waals surface area (Å²) in [5, 5.41) is 15.7. The van der Waals surface area contributed by atoms with Crippen LogP contribution in [0.15, 0.2) is 57.0 Å². The Morgan fingerprint density at radius 2 is 1.74 bits per heavy atom. The summed E-state index contributed by atoms with van der Waals surface area (Å²) in [5.41, 5.74) is 1.56. The molecule has 0 radical (unpaired) electrons. The van der Waals surface area contributed by atoms with Crippen molar-refractivity contribution in [1.82, 2.24) is 19.4 Å². The van der Waals surface area contributed by atoms with E-state index >= 15 is 0 Å². The molecule has 0 atom stereocenters. The van der Waals surface area contributed by atoms with Crippen molar-refractivity contribution in [3.63, 3.8) is 0 Å². The summed E-state index contributed by atoms with van der Waals surface area (Å²) in [6, 6.07) is 9.62. The number of aromatic nitrogens is 3. The summed E-state index contributed by atoms with van der Waals surface area (Å²) >= 11 is 5.91. The van der Waals surface area contributed by atoms with Gasteiger partial charge in [0.2, 0.25) is 5.43 Å². The first-order chi connectivity index (χ1) is 20.6. The first-order valence-electron chi connectivity index (χ1n) is 14.3. The van der Waals surface area contributed by atoms with Crippen LogP contribution in [0.2, 0.25) is 5.02 Å². The number of aromatic carboxylic acids is 1. The molecule has 0 aliphatic rings. The molecule has 12 heteroatoms. The van der Waals surface area contributed by atoms with E-state index in [0.717, 1.165) is 31.0 Å². The van der Waals surface area contributed by atoms with E-state index in [4.69, 9.17) is 11.6 Å². The van der Waals surface area contributed by atoms with Crippen molar-refractivity contribution in [2.45, 2.75) is 59.0 Å². The Morgan fingerprint density at radius 3 is 2.42 bits per heavy atom. The second-order valence-electron chi connectivity index (χ2n) is 10.4. The quantitative estimate of drug-likeness (QED) is 0.150. The minimum absolute atomic E-state index is 0.0272. The van der Waals surface area contributed by atoms with E-state index in [1.54, 1.807) is 4.57 Å². The lowest BCUT2D eigenvalue weighted by Gasteiger charge is -2.13. The van der Waals surface area contributed by atoms with Gasteiger partial charge in [-0.1, -0.05) is 24.6 Å². The van der Waals surface area contributed by atoms with Crippen LogP contribution in [0.25, 0.3) is 10.9 Å². The Morgan fingerprint density at radius 1 is 1.02 bits per heavy atom. The number of hydrogen-bond donors (Lipinski definition) is 4. The predicted molar refractivity (Wildman–Crippen MR) is 167 cm³/mol. The molecule has 10 nitrogen and oxygen atoms in total. The molecule has 0 saturated heterocycles. The monoisotopic (exact) mass is 611 g/mol. The Labute approximate surface area is 252 Å². The molecular formula is C31H35ClFN5O5. The summed E-state index contributed by atoms with van der Waals surface area (Å²) in [6.45, 7) is 6.22. The van der Waals surface area contributed by atoms with Gasteiger partial charge in [0.15, 0.2) is 0 Å². The number of halogens is 2. The van der Waals surface area contributed by atoms with E-state index in [1.807, 2.05) is 25.1 Å². The number of benzene rings is 2. The van der Waals surface area contributed by atoms with Crippen LogP contribution in [-0.4, -0.2) is 38.3 Å². The van der Waals surface area contributed by atoms with Gasteiger partial charge in [0.1, 0.15) is 17.2 Å². The number of aromatic amines is 1. The number of hydrogen-bond acceptors (Lipinski definition) is 6. The van der Waals surface area contributed by atoms with Crippen LogP contribution in [0.3, 0.4) is 0 Å². The molecular weight excluding hydrogens is 577 g/mol. The van der Waals surface area contributed by atoms with Crippen molar-refractivity contribution in [2.24, 2.45) is 0 Å². The molecule has 4 aromatic rings. The average molecular weight is 612 g/mol. The highest BCUT2D eigenvalue weighted by molar-refractivity contribution is 6.31. The third-order valence-electron chi connectivity index (χ3n) is 7.37. The maximum absolute atomic E-state index is 14.0. The number of anilines is 2. The number of carboxylic acids is 1. The minimum Gasteiger partial charge on any atom is -0.477 e. The highest BCUT2D eigenvalue weighted by atomic mass is 35.5. The van der Waals surface area contributed by atoms with Crippen molar-refractivity contribution < 1.29 is 14.3 Å². The Bertz CT molecular complexity index is 1780. The number of carbonyl (C=O) groups is 1. The number of nitrogens with one attached hydrogen (secondary N) is 3. The first-order valence-corrected chi connectivity index (χ1v) is 14.6. The van der Waals surface area contributed by atoms with Crippen molar-refractivity contribution in [3.05, 3.63) is 101 Å². The van der Waals surface area contributed by atoms with Gasteiger partial charge >= 0.3 is 11.7 Å².